The molecule has 0 unspecified atom stereocenters. The number of hydrogen-bond donors (Lipinski definition) is 1. The van der Waals surface area contributed by atoms with E-state index in [-0.39, 0.29) is 0 Å². The van der Waals surface area contributed by atoms with Crippen molar-refractivity contribution in [2.24, 2.45) is 0 Å². The van der Waals surface area contributed by atoms with Crippen LogP contribution in [-0.4, -0.2) is 54.1 Å². The summed E-state index contributed by atoms with van der Waals surface area (Å²) >= 11 is 0. The van der Waals surface area contributed by atoms with Gasteiger partial charge >= 0.3 is 0 Å². The van der Waals surface area contributed by atoms with Gasteiger partial charge in [-0.1, -0.05) is 6.07 Å². The van der Waals surface area contributed by atoms with Crippen molar-refractivity contribution in [1.82, 2.24) is 20.1 Å². The summed E-state index contributed by atoms with van der Waals surface area (Å²) in [6, 6.07) is 5.26. The van der Waals surface area contributed by atoms with Gasteiger partial charge in [-0.3, -0.25) is 14.8 Å². The Kier molecular flexibility index (Phi) is 4.11. The van der Waals surface area contributed by atoms with Gasteiger partial charge < -0.3 is 5.32 Å². The number of piperazine rings is 1. The van der Waals surface area contributed by atoms with Crippen LogP contribution in [0.25, 0.3) is 0 Å². The van der Waals surface area contributed by atoms with E-state index in [1.54, 1.807) is 0 Å². The molecule has 19 heavy (non-hydrogen) atoms. The minimum absolute atomic E-state index is 0.896. The smallest absolute Gasteiger partial charge is 0.0544 e. The van der Waals surface area contributed by atoms with E-state index >= 15 is 0 Å². The number of nitrogens with one attached hydrogen (secondary N) is 1. The normalized spacial score (nSPS) is 21.7. The number of pyridine rings is 1. The standard InChI is InChI=1S/C15H24N4/c1-16-10-13-2-3-14(17-11-13)12-18-6-8-19(9-7-18)15-4-5-15/h2-3,11,15-16H,4-10,12H2,1H3. The summed E-state index contributed by atoms with van der Waals surface area (Å²) in [4.78, 5) is 9.74. The van der Waals surface area contributed by atoms with Gasteiger partial charge in [0, 0.05) is 51.5 Å². The molecule has 0 spiro atoms. The van der Waals surface area contributed by atoms with Gasteiger partial charge in [0.2, 0.25) is 0 Å². The third-order valence-electron chi connectivity index (χ3n) is 4.12. The topological polar surface area (TPSA) is 31.4 Å². The van der Waals surface area contributed by atoms with E-state index in [4.69, 9.17) is 0 Å². The van der Waals surface area contributed by atoms with Crippen LogP contribution in [0.2, 0.25) is 0 Å². The van der Waals surface area contributed by atoms with E-state index < -0.39 is 0 Å². The Bertz CT molecular complexity index is 391. The fourth-order valence-corrected chi connectivity index (χ4v) is 2.81. The second-order valence-corrected chi connectivity index (χ2v) is 5.73. The van der Waals surface area contributed by atoms with Crippen molar-refractivity contribution in [1.29, 1.82) is 0 Å². The zero-order chi connectivity index (χ0) is 13.1. The molecule has 2 heterocycles. The first-order chi connectivity index (χ1) is 9.35. The molecular formula is C15H24N4. The lowest BCUT2D eigenvalue weighted by Crippen LogP contribution is -2.46. The fraction of sp³-hybridized carbons (Fsp3) is 0.667. The fourth-order valence-electron chi connectivity index (χ4n) is 2.81. The van der Waals surface area contributed by atoms with Crippen molar-refractivity contribution in [3.05, 3.63) is 29.6 Å². The Morgan fingerprint density at radius 1 is 1.21 bits per heavy atom. The molecule has 2 aliphatic rings. The molecule has 1 saturated carbocycles. The molecular weight excluding hydrogens is 236 g/mol. The molecule has 1 aromatic rings. The highest BCUT2D eigenvalue weighted by Gasteiger charge is 2.31. The molecule has 1 N–H and O–H groups in total. The minimum Gasteiger partial charge on any atom is -0.316 e. The van der Waals surface area contributed by atoms with Crippen LogP contribution >= 0.6 is 0 Å². The molecule has 0 aromatic carbocycles. The van der Waals surface area contributed by atoms with Crippen molar-refractivity contribution < 1.29 is 0 Å². The monoisotopic (exact) mass is 260 g/mol. The molecule has 104 valence electrons. The van der Waals surface area contributed by atoms with E-state index in [9.17, 15) is 0 Å². The van der Waals surface area contributed by atoms with Gasteiger partial charge in [0.25, 0.3) is 0 Å². The van der Waals surface area contributed by atoms with Gasteiger partial charge in [-0.15, -0.1) is 0 Å². The van der Waals surface area contributed by atoms with Crippen molar-refractivity contribution in [2.45, 2.75) is 32.0 Å². The zero-order valence-corrected chi connectivity index (χ0v) is 11.8. The molecule has 2 fully saturated rings. The summed E-state index contributed by atoms with van der Waals surface area (Å²) in [5, 5.41) is 3.15. The van der Waals surface area contributed by atoms with Gasteiger partial charge in [-0.25, -0.2) is 0 Å². The Morgan fingerprint density at radius 3 is 2.58 bits per heavy atom. The lowest BCUT2D eigenvalue weighted by Gasteiger charge is -2.34. The molecule has 0 bridgehead atoms. The highest BCUT2D eigenvalue weighted by molar-refractivity contribution is 5.14. The summed E-state index contributed by atoms with van der Waals surface area (Å²) in [6.07, 6.45) is 4.84. The molecule has 0 atom stereocenters. The number of rotatable bonds is 5. The maximum Gasteiger partial charge on any atom is 0.0544 e. The molecule has 1 saturated heterocycles. The predicted molar refractivity (Wildman–Crippen MR) is 76.9 cm³/mol. The van der Waals surface area contributed by atoms with Gasteiger partial charge in [0.05, 0.1) is 5.69 Å². The maximum absolute atomic E-state index is 4.56. The lowest BCUT2D eigenvalue weighted by atomic mass is 10.2. The summed E-state index contributed by atoms with van der Waals surface area (Å²) < 4.78 is 0. The Morgan fingerprint density at radius 2 is 2.00 bits per heavy atom. The first-order valence-electron chi connectivity index (χ1n) is 7.40. The Hall–Kier alpha value is -0.970. The lowest BCUT2D eigenvalue weighted by molar-refractivity contribution is 0.120. The molecule has 0 radical (unpaired) electrons. The van der Waals surface area contributed by atoms with E-state index in [2.05, 4.69) is 32.2 Å². The Labute approximate surface area is 115 Å². The highest BCUT2D eigenvalue weighted by atomic mass is 15.3. The van der Waals surface area contributed by atoms with Crippen molar-refractivity contribution in [3.63, 3.8) is 0 Å². The molecule has 0 amide bonds. The van der Waals surface area contributed by atoms with E-state index in [0.717, 1.165) is 19.1 Å². The first-order valence-corrected chi connectivity index (χ1v) is 7.40. The van der Waals surface area contributed by atoms with Gasteiger partial charge in [0.1, 0.15) is 0 Å². The zero-order valence-electron chi connectivity index (χ0n) is 11.8. The van der Waals surface area contributed by atoms with Crippen molar-refractivity contribution in [2.75, 3.05) is 33.2 Å². The second-order valence-electron chi connectivity index (χ2n) is 5.73. The number of hydrogen-bond acceptors (Lipinski definition) is 4. The number of nitrogens with zero attached hydrogens (tertiary/aromatic N) is 3. The van der Waals surface area contributed by atoms with Crippen LogP contribution in [0.5, 0.6) is 0 Å². The van der Waals surface area contributed by atoms with Crippen molar-refractivity contribution in [3.8, 4) is 0 Å². The van der Waals surface area contributed by atoms with Crippen LogP contribution in [0.4, 0.5) is 0 Å². The Balaban J connectivity index is 1.48. The van der Waals surface area contributed by atoms with Crippen LogP contribution < -0.4 is 5.32 Å². The van der Waals surface area contributed by atoms with Gasteiger partial charge in [0.15, 0.2) is 0 Å². The van der Waals surface area contributed by atoms with E-state index in [0.29, 0.717) is 0 Å². The molecule has 1 aliphatic heterocycles. The predicted octanol–water partition coefficient (Wildman–Crippen LogP) is 1.08. The van der Waals surface area contributed by atoms with E-state index in [1.807, 2.05) is 13.2 Å². The number of aromatic nitrogens is 1. The third-order valence-corrected chi connectivity index (χ3v) is 4.12. The summed E-state index contributed by atoms with van der Waals surface area (Å²) in [5.41, 5.74) is 2.45. The van der Waals surface area contributed by atoms with Gasteiger partial charge in [-0.2, -0.15) is 0 Å². The molecule has 1 aliphatic carbocycles. The average Bonchev–Trinajstić information content (AvgIpc) is 3.27. The van der Waals surface area contributed by atoms with Crippen LogP contribution in [-0.2, 0) is 13.1 Å². The maximum atomic E-state index is 4.56. The third kappa shape index (κ3) is 3.53. The second kappa shape index (κ2) is 5.99. The highest BCUT2D eigenvalue weighted by Crippen LogP contribution is 2.27. The van der Waals surface area contributed by atoms with E-state index in [1.165, 1.54) is 50.3 Å². The molecule has 4 nitrogen and oxygen atoms in total. The average molecular weight is 260 g/mol. The van der Waals surface area contributed by atoms with Crippen LogP contribution in [0.3, 0.4) is 0 Å². The summed E-state index contributed by atoms with van der Waals surface area (Å²) in [7, 11) is 1.97. The van der Waals surface area contributed by atoms with Gasteiger partial charge in [-0.05, 0) is 31.5 Å². The van der Waals surface area contributed by atoms with Crippen molar-refractivity contribution >= 4 is 0 Å². The quantitative estimate of drug-likeness (QED) is 0.858. The largest absolute Gasteiger partial charge is 0.316 e. The first kappa shape index (κ1) is 13.0. The minimum atomic E-state index is 0.896. The summed E-state index contributed by atoms with van der Waals surface area (Å²) in [6.45, 7) is 6.75. The summed E-state index contributed by atoms with van der Waals surface area (Å²) in [5.74, 6) is 0. The SMILES string of the molecule is CNCc1ccc(CN2CCN(C3CC3)CC2)nc1. The van der Waals surface area contributed by atoms with Crippen LogP contribution in [0, 0.1) is 0 Å². The van der Waals surface area contributed by atoms with Crippen LogP contribution in [0.1, 0.15) is 24.1 Å². The van der Waals surface area contributed by atoms with Crippen LogP contribution in [0.15, 0.2) is 18.3 Å². The molecule has 3 rings (SSSR count). The molecule has 4 heteroatoms. The molecule has 1 aromatic heterocycles.